The molecule has 26 heavy (non-hydrogen) atoms. The minimum Gasteiger partial charge on any atom is -0.493 e. The van der Waals surface area contributed by atoms with Crippen molar-refractivity contribution in [2.75, 3.05) is 33.3 Å². The van der Waals surface area contributed by atoms with Crippen LogP contribution in [0.5, 0.6) is 17.2 Å². The van der Waals surface area contributed by atoms with Crippen LogP contribution in [0.25, 0.3) is 0 Å². The molecule has 2 aromatic carbocycles. The molecule has 1 amide bonds. The molecule has 0 aliphatic heterocycles. The molecule has 7 heteroatoms. The zero-order valence-electron chi connectivity index (χ0n) is 15.1. The lowest BCUT2D eigenvalue weighted by Gasteiger charge is -2.15. The van der Waals surface area contributed by atoms with Crippen LogP contribution in [0.3, 0.4) is 0 Å². The van der Waals surface area contributed by atoms with E-state index in [1.54, 1.807) is 6.07 Å². The summed E-state index contributed by atoms with van der Waals surface area (Å²) in [5, 5.41) is 2.64. The first-order chi connectivity index (χ1) is 12.5. The quantitative estimate of drug-likeness (QED) is 0.766. The van der Waals surface area contributed by atoms with Gasteiger partial charge in [-0.2, -0.15) is 0 Å². The highest BCUT2D eigenvalue weighted by Crippen LogP contribution is 2.33. The number of hydrogen-bond acceptors (Lipinski definition) is 6. The van der Waals surface area contributed by atoms with Gasteiger partial charge in [-0.25, -0.2) is 4.79 Å². The van der Waals surface area contributed by atoms with Gasteiger partial charge < -0.3 is 24.3 Å². The van der Waals surface area contributed by atoms with Crippen molar-refractivity contribution in [1.82, 2.24) is 0 Å². The van der Waals surface area contributed by atoms with Gasteiger partial charge in [0.1, 0.15) is 5.75 Å². The molecule has 2 aromatic rings. The molecule has 0 unspecified atom stereocenters. The molecule has 0 fully saturated rings. The normalized spacial score (nSPS) is 10.0. The fraction of sp³-hybridized carbons (Fsp3) is 0.263. The molecule has 0 atom stereocenters. The zero-order chi connectivity index (χ0) is 19.1. The van der Waals surface area contributed by atoms with E-state index in [-0.39, 0.29) is 17.9 Å². The minimum absolute atomic E-state index is 0.147. The number of anilines is 1. The maximum Gasteiger partial charge on any atom is 0.340 e. The maximum atomic E-state index is 12.2. The topological polar surface area (TPSA) is 83.1 Å². The Morgan fingerprint density at radius 3 is 2.31 bits per heavy atom. The first-order valence-corrected chi connectivity index (χ1v) is 7.82. The summed E-state index contributed by atoms with van der Waals surface area (Å²) in [6.07, 6.45) is 0. The van der Waals surface area contributed by atoms with Crippen LogP contribution >= 0.6 is 0 Å². The van der Waals surface area contributed by atoms with E-state index in [2.05, 4.69) is 5.32 Å². The van der Waals surface area contributed by atoms with Crippen molar-refractivity contribution >= 4 is 17.6 Å². The second-order valence-corrected chi connectivity index (χ2v) is 5.40. The third kappa shape index (κ3) is 4.66. The highest BCUT2D eigenvalue weighted by molar-refractivity contribution is 6.02. The van der Waals surface area contributed by atoms with E-state index in [4.69, 9.17) is 18.9 Å². The van der Waals surface area contributed by atoms with Crippen molar-refractivity contribution in [2.45, 2.75) is 6.92 Å². The largest absolute Gasteiger partial charge is 0.493 e. The number of methoxy groups -OCH3 is 3. The zero-order valence-corrected chi connectivity index (χ0v) is 15.1. The molecule has 0 radical (unpaired) electrons. The van der Waals surface area contributed by atoms with Gasteiger partial charge in [0, 0.05) is 12.1 Å². The molecule has 0 saturated carbocycles. The monoisotopic (exact) mass is 359 g/mol. The average Bonchev–Trinajstić information content (AvgIpc) is 2.65. The summed E-state index contributed by atoms with van der Waals surface area (Å²) in [6.45, 7) is 1.72. The van der Waals surface area contributed by atoms with Crippen LogP contribution in [0.4, 0.5) is 5.69 Å². The first kappa shape index (κ1) is 19.1. The lowest BCUT2D eigenvalue weighted by molar-refractivity contribution is -0.118. The van der Waals surface area contributed by atoms with E-state index in [1.807, 2.05) is 25.1 Å². The predicted molar refractivity (Wildman–Crippen MR) is 96.2 cm³/mol. The van der Waals surface area contributed by atoms with Crippen molar-refractivity contribution in [2.24, 2.45) is 0 Å². The van der Waals surface area contributed by atoms with Crippen molar-refractivity contribution in [3.05, 3.63) is 47.5 Å². The molecule has 0 aliphatic rings. The molecule has 0 saturated heterocycles. The number of carbonyl (C=O) groups is 2. The standard InChI is InChI=1S/C19H21NO6/c1-12-6-5-7-13(8-12)26-11-18(21)20-15-10-17(24-3)16(23-2)9-14(15)19(22)25-4/h5-10H,11H2,1-4H3,(H,20,21). The van der Waals surface area contributed by atoms with E-state index in [0.717, 1.165) is 5.56 Å². The van der Waals surface area contributed by atoms with Crippen LogP contribution in [0.1, 0.15) is 15.9 Å². The van der Waals surface area contributed by atoms with Gasteiger partial charge in [-0.05, 0) is 24.6 Å². The Bertz CT molecular complexity index is 803. The van der Waals surface area contributed by atoms with E-state index >= 15 is 0 Å². The average molecular weight is 359 g/mol. The molecular formula is C19H21NO6. The van der Waals surface area contributed by atoms with E-state index in [1.165, 1.54) is 33.5 Å². The Labute approximate surface area is 151 Å². The smallest absolute Gasteiger partial charge is 0.340 e. The van der Waals surface area contributed by atoms with Crippen molar-refractivity contribution in [1.29, 1.82) is 0 Å². The van der Waals surface area contributed by atoms with Gasteiger partial charge >= 0.3 is 5.97 Å². The second-order valence-electron chi connectivity index (χ2n) is 5.40. The Morgan fingerprint density at radius 1 is 1.00 bits per heavy atom. The van der Waals surface area contributed by atoms with Crippen LogP contribution in [0, 0.1) is 6.92 Å². The van der Waals surface area contributed by atoms with Gasteiger partial charge in [0.25, 0.3) is 5.91 Å². The van der Waals surface area contributed by atoms with Crippen molar-refractivity contribution in [3.8, 4) is 17.2 Å². The summed E-state index contributed by atoms with van der Waals surface area (Å²) < 4.78 is 20.6. The Morgan fingerprint density at radius 2 is 1.69 bits per heavy atom. The first-order valence-electron chi connectivity index (χ1n) is 7.82. The summed E-state index contributed by atoms with van der Waals surface area (Å²) in [5.41, 5.74) is 1.41. The highest BCUT2D eigenvalue weighted by atomic mass is 16.5. The maximum absolute atomic E-state index is 12.2. The number of ether oxygens (including phenoxy) is 4. The highest BCUT2D eigenvalue weighted by Gasteiger charge is 2.19. The van der Waals surface area contributed by atoms with Gasteiger partial charge in [0.2, 0.25) is 0 Å². The van der Waals surface area contributed by atoms with Crippen LogP contribution in [0.15, 0.2) is 36.4 Å². The molecular weight excluding hydrogens is 338 g/mol. The molecule has 0 aromatic heterocycles. The molecule has 1 N–H and O–H groups in total. The number of hydrogen-bond donors (Lipinski definition) is 1. The second kappa shape index (κ2) is 8.75. The number of benzene rings is 2. The van der Waals surface area contributed by atoms with Crippen molar-refractivity contribution in [3.63, 3.8) is 0 Å². The van der Waals surface area contributed by atoms with E-state index in [9.17, 15) is 9.59 Å². The summed E-state index contributed by atoms with van der Waals surface area (Å²) in [5.74, 6) is 0.266. The van der Waals surface area contributed by atoms with Crippen LogP contribution < -0.4 is 19.5 Å². The number of aryl methyl sites for hydroxylation is 1. The van der Waals surface area contributed by atoms with Crippen LogP contribution in [-0.2, 0) is 9.53 Å². The number of esters is 1. The third-order valence-corrected chi connectivity index (χ3v) is 3.56. The minimum atomic E-state index is -0.610. The summed E-state index contributed by atoms with van der Waals surface area (Å²) in [6, 6.07) is 10.3. The number of amides is 1. The molecule has 0 spiro atoms. The lowest BCUT2D eigenvalue weighted by atomic mass is 10.1. The predicted octanol–water partition coefficient (Wildman–Crippen LogP) is 2.82. The van der Waals surface area contributed by atoms with Crippen molar-refractivity contribution < 1.29 is 28.5 Å². The fourth-order valence-electron chi connectivity index (χ4n) is 2.30. The van der Waals surface area contributed by atoms with Crippen LogP contribution in [0.2, 0.25) is 0 Å². The molecule has 0 heterocycles. The Balaban J connectivity index is 2.18. The van der Waals surface area contributed by atoms with Gasteiger partial charge in [0.05, 0.1) is 32.6 Å². The third-order valence-electron chi connectivity index (χ3n) is 3.56. The molecule has 7 nitrogen and oxygen atoms in total. The summed E-state index contributed by atoms with van der Waals surface area (Å²) >= 11 is 0. The molecule has 0 bridgehead atoms. The number of rotatable bonds is 7. The number of nitrogens with one attached hydrogen (secondary N) is 1. The summed E-state index contributed by atoms with van der Waals surface area (Å²) in [7, 11) is 4.17. The van der Waals surface area contributed by atoms with Gasteiger partial charge in [-0.1, -0.05) is 12.1 Å². The van der Waals surface area contributed by atoms with E-state index in [0.29, 0.717) is 17.2 Å². The molecule has 0 aliphatic carbocycles. The molecule has 2 rings (SSSR count). The SMILES string of the molecule is COC(=O)c1cc(OC)c(OC)cc1NC(=O)COc1cccc(C)c1. The summed E-state index contributed by atoms with van der Waals surface area (Å²) in [4.78, 5) is 24.2. The van der Waals surface area contributed by atoms with E-state index < -0.39 is 11.9 Å². The lowest BCUT2D eigenvalue weighted by Crippen LogP contribution is -2.22. The number of carbonyl (C=O) groups excluding carboxylic acids is 2. The van der Waals surface area contributed by atoms with Crippen LogP contribution in [-0.4, -0.2) is 39.8 Å². The Hall–Kier alpha value is -3.22. The Kier molecular flexibility index (Phi) is 6.43. The molecule has 138 valence electrons. The van der Waals surface area contributed by atoms with Gasteiger partial charge in [-0.15, -0.1) is 0 Å². The van der Waals surface area contributed by atoms with Gasteiger partial charge in [0.15, 0.2) is 18.1 Å². The van der Waals surface area contributed by atoms with Gasteiger partial charge in [-0.3, -0.25) is 4.79 Å². The fourth-order valence-corrected chi connectivity index (χ4v) is 2.30.